The van der Waals surface area contributed by atoms with Gasteiger partial charge in [0.2, 0.25) is 0 Å². The van der Waals surface area contributed by atoms with Crippen LogP contribution in [0.2, 0.25) is 0 Å². The zero-order valence-electron chi connectivity index (χ0n) is 38.3. The highest BCUT2D eigenvalue weighted by Crippen LogP contribution is 2.42. The third-order valence-electron chi connectivity index (χ3n) is 14.8. The lowest BCUT2D eigenvalue weighted by atomic mass is 10.0. The monoisotopic (exact) mass is 907 g/mol. The Bertz CT molecular complexity index is 4180. The van der Waals surface area contributed by atoms with Crippen LogP contribution in [0.5, 0.6) is 0 Å². The van der Waals surface area contributed by atoms with Gasteiger partial charge in [-0.25, -0.2) is 0 Å². The maximum atomic E-state index is 2.52. The lowest BCUT2D eigenvalue weighted by Gasteiger charge is -2.34. The quantitative estimate of drug-likeness (QED) is 0.107. The van der Waals surface area contributed by atoms with Crippen LogP contribution in [0.3, 0.4) is 0 Å². The second-order valence-electron chi connectivity index (χ2n) is 18.4. The minimum Gasteiger partial charge on any atom is -0.309 e. The molecule has 3 heterocycles. The molecule has 0 aliphatic carbocycles. The van der Waals surface area contributed by atoms with Gasteiger partial charge in [-0.05, 0) is 98.6 Å². The van der Waals surface area contributed by atoms with E-state index in [0.717, 1.165) is 17.1 Å². The van der Waals surface area contributed by atoms with Crippen LogP contribution >= 0.6 is 0 Å². The summed E-state index contributed by atoms with van der Waals surface area (Å²) in [6, 6.07) is 101. The molecule has 70 heavy (non-hydrogen) atoms. The number of benzene rings is 11. The summed E-state index contributed by atoms with van der Waals surface area (Å²) >= 11 is 0. The Balaban J connectivity index is 1.01. The largest absolute Gasteiger partial charge is 0.309 e. The second-order valence-corrected chi connectivity index (χ2v) is 22.2. The maximum absolute atomic E-state index is 2.80. The number of para-hydroxylation sites is 3. The van der Waals surface area contributed by atoms with Crippen molar-refractivity contribution in [3.05, 3.63) is 273 Å². The highest BCUT2D eigenvalue weighted by atomic mass is 28.3. The lowest BCUT2D eigenvalue weighted by molar-refractivity contribution is 1.16. The lowest BCUT2D eigenvalue weighted by Crippen LogP contribution is -2.74. The molecular formula is C66H45N3Si. The molecule has 14 aromatic rings. The summed E-state index contributed by atoms with van der Waals surface area (Å²) in [4.78, 5) is 0. The Kier molecular flexibility index (Phi) is 9.23. The van der Waals surface area contributed by atoms with E-state index in [4.69, 9.17) is 0 Å². The predicted octanol–water partition coefficient (Wildman–Crippen LogP) is 14.0. The molecular weight excluding hydrogens is 863 g/mol. The molecule has 0 radical (unpaired) electrons. The molecule has 0 aliphatic rings. The molecule has 11 aromatic carbocycles. The van der Waals surface area contributed by atoms with Crippen molar-refractivity contribution in [3.63, 3.8) is 0 Å². The summed E-state index contributed by atoms with van der Waals surface area (Å²) in [5.74, 6) is 0. The van der Waals surface area contributed by atoms with Gasteiger partial charge in [0.25, 0.3) is 0 Å². The molecule has 0 unspecified atom stereocenters. The van der Waals surface area contributed by atoms with Gasteiger partial charge in [0.05, 0.1) is 38.8 Å². The molecule has 0 N–H and O–H groups in total. The zero-order chi connectivity index (χ0) is 46.2. The van der Waals surface area contributed by atoms with Gasteiger partial charge in [0.15, 0.2) is 8.07 Å². The smallest absolute Gasteiger partial charge is 0.179 e. The van der Waals surface area contributed by atoms with Gasteiger partial charge in [-0.2, -0.15) is 0 Å². The fourth-order valence-corrected chi connectivity index (χ4v) is 16.6. The molecule has 0 spiro atoms. The average molecular weight is 908 g/mol. The van der Waals surface area contributed by atoms with Crippen LogP contribution in [0.4, 0.5) is 0 Å². The highest BCUT2D eigenvalue weighted by Gasteiger charge is 2.41. The number of rotatable bonds is 8. The van der Waals surface area contributed by atoms with Gasteiger partial charge in [-0.1, -0.05) is 206 Å². The Morgan fingerprint density at radius 2 is 0.686 bits per heavy atom. The van der Waals surface area contributed by atoms with E-state index < -0.39 is 8.07 Å². The third-order valence-corrected chi connectivity index (χ3v) is 19.5. The fourth-order valence-electron chi connectivity index (χ4n) is 11.8. The van der Waals surface area contributed by atoms with Gasteiger partial charge >= 0.3 is 0 Å². The number of aromatic nitrogens is 3. The summed E-state index contributed by atoms with van der Waals surface area (Å²) in [5.41, 5.74) is 12.9. The molecule has 328 valence electrons. The molecule has 0 bridgehead atoms. The van der Waals surface area contributed by atoms with Crippen molar-refractivity contribution in [1.29, 1.82) is 0 Å². The number of hydrogen-bond donors (Lipinski definition) is 0. The maximum Gasteiger partial charge on any atom is 0.179 e. The first kappa shape index (κ1) is 40.1. The van der Waals surface area contributed by atoms with Crippen LogP contribution in [0.15, 0.2) is 273 Å². The molecule has 3 aromatic heterocycles. The van der Waals surface area contributed by atoms with E-state index in [1.807, 2.05) is 0 Å². The molecule has 3 nitrogen and oxygen atoms in total. The first-order valence-corrected chi connectivity index (χ1v) is 26.2. The van der Waals surface area contributed by atoms with E-state index in [2.05, 4.69) is 287 Å². The van der Waals surface area contributed by atoms with Gasteiger partial charge in [0.1, 0.15) is 0 Å². The summed E-state index contributed by atoms with van der Waals surface area (Å²) in [7, 11) is -2.80. The molecule has 0 fully saturated rings. The molecule has 0 atom stereocenters. The SMILES string of the molecule is c1ccc(-c2ccc3c(c2)c2ccccc2n3-c2ccc3c4ccccc4n(-c4cccc5c4c4ccccc4n5-c4cccc([Si](c5ccccc5)(c5ccccc5)c5ccccc5)c4)c3c2)cc1. The Morgan fingerprint density at radius 1 is 0.229 bits per heavy atom. The second kappa shape index (κ2) is 16.1. The molecule has 4 heteroatoms. The number of hydrogen-bond acceptors (Lipinski definition) is 0. The number of fused-ring (bicyclic) bond motifs is 9. The van der Waals surface area contributed by atoms with Crippen molar-refractivity contribution in [3.8, 4) is 28.2 Å². The van der Waals surface area contributed by atoms with Crippen LogP contribution in [0, 0.1) is 0 Å². The minimum atomic E-state index is -2.80. The van der Waals surface area contributed by atoms with Crippen molar-refractivity contribution in [2.45, 2.75) is 0 Å². The van der Waals surface area contributed by atoms with E-state index in [0.29, 0.717) is 0 Å². The Hall–Kier alpha value is -8.96. The minimum absolute atomic E-state index is 1.13. The highest BCUT2D eigenvalue weighted by molar-refractivity contribution is 7.19. The van der Waals surface area contributed by atoms with Crippen LogP contribution in [-0.4, -0.2) is 21.8 Å². The van der Waals surface area contributed by atoms with Crippen LogP contribution < -0.4 is 20.7 Å². The Morgan fingerprint density at radius 3 is 1.34 bits per heavy atom. The zero-order valence-corrected chi connectivity index (χ0v) is 39.3. The summed E-state index contributed by atoms with van der Waals surface area (Å²) in [6.07, 6.45) is 0. The predicted molar refractivity (Wildman–Crippen MR) is 299 cm³/mol. The number of nitrogens with zero attached hydrogens (tertiary/aromatic N) is 3. The van der Waals surface area contributed by atoms with E-state index in [1.54, 1.807) is 0 Å². The first-order valence-electron chi connectivity index (χ1n) is 24.2. The summed E-state index contributed by atoms with van der Waals surface area (Å²) in [5, 5.41) is 12.8. The summed E-state index contributed by atoms with van der Waals surface area (Å²) in [6.45, 7) is 0. The molecule has 14 rings (SSSR count). The van der Waals surface area contributed by atoms with Crippen molar-refractivity contribution < 1.29 is 0 Å². The van der Waals surface area contributed by atoms with Crippen LogP contribution in [0.1, 0.15) is 0 Å². The standard InChI is InChI=1S/C66H45N3Si/c1-5-21-46(22-6-1)47-39-42-62-58(43-47)55-32-14-16-34-59(55)67(62)49-40-41-56-54-31-13-17-35-60(54)69(65(56)45-49)64-38-20-37-63-66(64)57-33-15-18-36-61(57)68(63)48-23-19-30-53(44-48)70(50-24-7-2-8-25-50,51-26-9-3-10-27-51)52-28-11-4-12-29-52/h1-45H. The van der Waals surface area contributed by atoms with Crippen molar-refractivity contribution in [1.82, 2.24) is 13.7 Å². The van der Waals surface area contributed by atoms with Crippen molar-refractivity contribution in [2.24, 2.45) is 0 Å². The van der Waals surface area contributed by atoms with Crippen LogP contribution in [0.25, 0.3) is 93.6 Å². The van der Waals surface area contributed by atoms with E-state index in [1.165, 1.54) is 97.3 Å². The van der Waals surface area contributed by atoms with E-state index >= 15 is 0 Å². The van der Waals surface area contributed by atoms with Gasteiger partial charge < -0.3 is 13.7 Å². The topological polar surface area (TPSA) is 14.8 Å². The van der Waals surface area contributed by atoms with E-state index in [9.17, 15) is 0 Å². The van der Waals surface area contributed by atoms with Gasteiger partial charge in [-0.3, -0.25) is 0 Å². The van der Waals surface area contributed by atoms with Crippen molar-refractivity contribution >= 4 is 94.2 Å². The van der Waals surface area contributed by atoms with E-state index in [-0.39, 0.29) is 0 Å². The van der Waals surface area contributed by atoms with Crippen molar-refractivity contribution in [2.75, 3.05) is 0 Å². The molecule has 0 saturated carbocycles. The molecule has 0 aliphatic heterocycles. The van der Waals surface area contributed by atoms with Gasteiger partial charge in [0, 0.05) is 43.7 Å². The summed E-state index contributed by atoms with van der Waals surface area (Å²) < 4.78 is 7.46. The molecule has 0 saturated heterocycles. The van der Waals surface area contributed by atoms with Crippen LogP contribution in [-0.2, 0) is 0 Å². The first-order chi connectivity index (χ1) is 34.8. The normalized spacial score (nSPS) is 12.0. The molecule has 0 amide bonds. The van der Waals surface area contributed by atoms with Gasteiger partial charge in [-0.15, -0.1) is 0 Å². The Labute approximate surface area is 407 Å². The fraction of sp³-hybridized carbons (Fsp3) is 0. The average Bonchev–Trinajstić information content (AvgIpc) is 4.08. The third kappa shape index (κ3) is 6.00.